The average molecular weight is 259 g/mol. The number of hydrogen-bond acceptors (Lipinski definition) is 3. The van der Waals surface area contributed by atoms with Crippen LogP contribution in [0.3, 0.4) is 0 Å². The molecule has 96 valence electrons. The second kappa shape index (κ2) is 6.80. The Labute approximate surface area is 107 Å². The van der Waals surface area contributed by atoms with E-state index in [2.05, 4.69) is 0 Å². The lowest BCUT2D eigenvalue weighted by molar-refractivity contribution is -0.162. The first-order chi connectivity index (χ1) is 8.17. The molecule has 0 heterocycles. The summed E-state index contributed by atoms with van der Waals surface area (Å²) < 4.78 is 5.06. The van der Waals surface area contributed by atoms with Crippen LogP contribution in [0, 0.1) is 5.41 Å². The maximum Gasteiger partial charge on any atom is 0.319 e. The number of hydrogen-bond donors (Lipinski definition) is 0. The summed E-state index contributed by atoms with van der Waals surface area (Å²) in [6.07, 6.45) is 6.85. The van der Waals surface area contributed by atoms with Gasteiger partial charge in [0.2, 0.25) is 0 Å². The fraction of sp³-hybridized carbons (Fsp3) is 0.692. The summed E-state index contributed by atoms with van der Waals surface area (Å²) in [7, 11) is 0. The molecule has 1 atom stereocenters. The Hall–Kier alpha value is -0.830. The van der Waals surface area contributed by atoms with Crippen molar-refractivity contribution in [2.24, 2.45) is 5.41 Å². The normalized spacial score (nSPS) is 25.2. The Morgan fingerprint density at radius 2 is 2.24 bits per heavy atom. The van der Waals surface area contributed by atoms with Gasteiger partial charge in [-0.05, 0) is 26.2 Å². The minimum atomic E-state index is -0.948. The maximum absolute atomic E-state index is 12.1. The summed E-state index contributed by atoms with van der Waals surface area (Å²) in [5.74, 6) is 0.0398. The molecule has 0 N–H and O–H groups in total. The molecule has 1 fully saturated rings. The summed E-state index contributed by atoms with van der Waals surface area (Å²) >= 11 is 5.55. The van der Waals surface area contributed by atoms with Gasteiger partial charge in [-0.25, -0.2) is 0 Å². The van der Waals surface area contributed by atoms with Crippen LogP contribution in [0.2, 0.25) is 0 Å². The quantitative estimate of drug-likeness (QED) is 0.330. The van der Waals surface area contributed by atoms with Gasteiger partial charge in [0.15, 0.2) is 0 Å². The van der Waals surface area contributed by atoms with Gasteiger partial charge in [-0.1, -0.05) is 18.6 Å². The predicted octanol–water partition coefficient (Wildman–Crippen LogP) is 2.86. The van der Waals surface area contributed by atoms with Crippen LogP contribution in [0.5, 0.6) is 0 Å². The van der Waals surface area contributed by atoms with Crippen LogP contribution in [0.15, 0.2) is 12.2 Å². The van der Waals surface area contributed by atoms with E-state index in [4.69, 9.17) is 16.3 Å². The fourth-order valence-corrected chi connectivity index (χ4v) is 2.35. The molecule has 0 bridgehead atoms. The molecule has 0 aromatic heterocycles. The first-order valence-corrected chi connectivity index (χ1v) is 6.62. The fourth-order valence-electron chi connectivity index (χ4n) is 2.22. The van der Waals surface area contributed by atoms with E-state index in [1.54, 1.807) is 13.0 Å². The molecule has 1 saturated carbocycles. The Balaban J connectivity index is 2.85. The first-order valence-electron chi connectivity index (χ1n) is 6.09. The van der Waals surface area contributed by atoms with Crippen molar-refractivity contribution in [1.82, 2.24) is 0 Å². The Kier molecular flexibility index (Phi) is 5.69. The van der Waals surface area contributed by atoms with Crippen LogP contribution in [0.1, 0.15) is 39.0 Å². The number of alkyl halides is 1. The van der Waals surface area contributed by atoms with Crippen LogP contribution in [-0.4, -0.2) is 24.2 Å². The van der Waals surface area contributed by atoms with Crippen molar-refractivity contribution in [2.75, 3.05) is 12.5 Å². The van der Waals surface area contributed by atoms with E-state index in [1.807, 2.05) is 6.08 Å². The van der Waals surface area contributed by atoms with Gasteiger partial charge in [0, 0.05) is 12.3 Å². The zero-order chi connectivity index (χ0) is 12.7. The highest BCUT2D eigenvalue weighted by Crippen LogP contribution is 2.38. The number of carbonyl (C=O) groups is 2. The molecule has 0 aliphatic heterocycles. The molecule has 1 aliphatic carbocycles. The van der Waals surface area contributed by atoms with Gasteiger partial charge in [0.05, 0.1) is 6.61 Å². The van der Waals surface area contributed by atoms with Crippen molar-refractivity contribution in [2.45, 2.75) is 39.0 Å². The number of esters is 1. The minimum Gasteiger partial charge on any atom is -0.465 e. The van der Waals surface area contributed by atoms with Crippen LogP contribution in [0.4, 0.5) is 0 Å². The van der Waals surface area contributed by atoms with Crippen LogP contribution >= 0.6 is 11.6 Å². The molecule has 0 radical (unpaired) electrons. The van der Waals surface area contributed by atoms with E-state index in [9.17, 15) is 9.59 Å². The minimum absolute atomic E-state index is 0.0152. The third-order valence-corrected chi connectivity index (χ3v) is 3.36. The highest BCUT2D eigenvalue weighted by Gasteiger charge is 2.46. The molecule has 0 aromatic rings. The second-order valence-electron chi connectivity index (χ2n) is 4.26. The highest BCUT2D eigenvalue weighted by atomic mass is 35.5. The lowest BCUT2D eigenvalue weighted by atomic mass is 9.70. The van der Waals surface area contributed by atoms with Gasteiger partial charge in [0.1, 0.15) is 11.2 Å². The van der Waals surface area contributed by atoms with Gasteiger partial charge >= 0.3 is 5.97 Å². The zero-order valence-electron chi connectivity index (χ0n) is 10.2. The topological polar surface area (TPSA) is 43.4 Å². The van der Waals surface area contributed by atoms with Crippen molar-refractivity contribution >= 4 is 23.4 Å². The number of ketones is 1. The Morgan fingerprint density at radius 3 is 2.82 bits per heavy atom. The smallest absolute Gasteiger partial charge is 0.319 e. The van der Waals surface area contributed by atoms with E-state index >= 15 is 0 Å². The van der Waals surface area contributed by atoms with E-state index in [-0.39, 0.29) is 11.8 Å². The first kappa shape index (κ1) is 14.2. The number of rotatable bonds is 5. The summed E-state index contributed by atoms with van der Waals surface area (Å²) in [5, 5.41) is 0. The zero-order valence-corrected chi connectivity index (χ0v) is 11.0. The van der Waals surface area contributed by atoms with Gasteiger partial charge in [-0.15, -0.1) is 11.6 Å². The number of carbonyl (C=O) groups excluding carboxylic acids is 2. The van der Waals surface area contributed by atoms with Gasteiger partial charge in [0.25, 0.3) is 0 Å². The molecule has 17 heavy (non-hydrogen) atoms. The van der Waals surface area contributed by atoms with Gasteiger partial charge in [-0.2, -0.15) is 0 Å². The third-order valence-electron chi connectivity index (χ3n) is 3.18. The number of allylic oxidation sites excluding steroid dienone is 2. The summed E-state index contributed by atoms with van der Waals surface area (Å²) in [4.78, 5) is 24.1. The summed E-state index contributed by atoms with van der Waals surface area (Å²) in [6, 6.07) is 0. The average Bonchev–Trinajstić information content (AvgIpc) is 2.32. The van der Waals surface area contributed by atoms with Crippen LogP contribution in [0.25, 0.3) is 0 Å². The van der Waals surface area contributed by atoms with Crippen molar-refractivity contribution < 1.29 is 14.3 Å². The van der Waals surface area contributed by atoms with Crippen LogP contribution < -0.4 is 0 Å². The van der Waals surface area contributed by atoms with Crippen LogP contribution in [-0.2, 0) is 14.3 Å². The lowest BCUT2D eigenvalue weighted by Crippen LogP contribution is -2.42. The molecule has 1 unspecified atom stereocenters. The molecule has 1 aliphatic rings. The monoisotopic (exact) mass is 258 g/mol. The Morgan fingerprint density at radius 1 is 1.47 bits per heavy atom. The standard InChI is InChI=1S/C13H19ClO3/c1-2-17-12(16)13(9-5-6-10-14)8-4-3-7-11(13)15/h5-6H,2-4,7-10H2,1H3. The second-order valence-corrected chi connectivity index (χ2v) is 4.57. The summed E-state index contributed by atoms with van der Waals surface area (Å²) in [6.45, 7) is 2.07. The molecule has 0 spiro atoms. The number of Topliss-reactive ketones (excluding diaryl/α,β-unsaturated/α-hetero) is 1. The van der Waals surface area contributed by atoms with Crippen molar-refractivity contribution in [3.8, 4) is 0 Å². The molecular formula is C13H19ClO3. The number of ether oxygens (including phenoxy) is 1. The molecule has 1 rings (SSSR count). The summed E-state index contributed by atoms with van der Waals surface area (Å²) in [5.41, 5.74) is -0.948. The molecule has 4 heteroatoms. The van der Waals surface area contributed by atoms with Crippen molar-refractivity contribution in [1.29, 1.82) is 0 Å². The molecule has 0 saturated heterocycles. The number of halogens is 1. The Bertz CT molecular complexity index is 312. The largest absolute Gasteiger partial charge is 0.465 e. The third kappa shape index (κ3) is 3.32. The lowest BCUT2D eigenvalue weighted by Gasteiger charge is -2.32. The van der Waals surface area contributed by atoms with Crippen molar-refractivity contribution in [3.05, 3.63) is 12.2 Å². The molecule has 0 aromatic carbocycles. The predicted molar refractivity (Wildman–Crippen MR) is 67.0 cm³/mol. The molecule has 3 nitrogen and oxygen atoms in total. The van der Waals surface area contributed by atoms with Gasteiger partial charge in [-0.3, -0.25) is 9.59 Å². The SMILES string of the molecule is CCOC(=O)C1(CC=CCCl)CCCCC1=O. The highest BCUT2D eigenvalue weighted by molar-refractivity contribution is 6.18. The van der Waals surface area contributed by atoms with E-state index in [0.29, 0.717) is 31.7 Å². The van der Waals surface area contributed by atoms with E-state index in [1.165, 1.54) is 0 Å². The maximum atomic E-state index is 12.1. The van der Waals surface area contributed by atoms with E-state index < -0.39 is 5.41 Å². The molecule has 0 amide bonds. The van der Waals surface area contributed by atoms with Crippen molar-refractivity contribution in [3.63, 3.8) is 0 Å². The van der Waals surface area contributed by atoms with Gasteiger partial charge < -0.3 is 4.74 Å². The molecular weight excluding hydrogens is 240 g/mol. The van der Waals surface area contributed by atoms with E-state index in [0.717, 1.165) is 12.8 Å².